The predicted molar refractivity (Wildman–Crippen MR) is 116 cm³/mol. The van der Waals surface area contributed by atoms with Gasteiger partial charge in [0.05, 0.1) is 7.11 Å². The fourth-order valence-electron chi connectivity index (χ4n) is 2.72. The van der Waals surface area contributed by atoms with Gasteiger partial charge in [0, 0.05) is 30.4 Å². The van der Waals surface area contributed by atoms with Crippen molar-refractivity contribution < 1.29 is 23.4 Å². The number of rotatable bonds is 9. The van der Waals surface area contributed by atoms with Crippen LogP contribution in [0.1, 0.15) is 11.1 Å². The van der Waals surface area contributed by atoms with Gasteiger partial charge in [-0.3, -0.25) is 4.79 Å². The second-order valence-corrected chi connectivity index (χ2v) is 6.44. The minimum atomic E-state index is -0.417. The van der Waals surface area contributed by atoms with Gasteiger partial charge >= 0.3 is 0 Å². The van der Waals surface area contributed by atoms with Crippen molar-refractivity contribution in [3.05, 3.63) is 83.8 Å². The Morgan fingerprint density at radius 1 is 1.19 bits per heavy atom. The van der Waals surface area contributed by atoms with Gasteiger partial charge in [-0.1, -0.05) is 18.2 Å². The molecule has 1 amide bonds. The largest absolute Gasteiger partial charge is 0.493 e. The van der Waals surface area contributed by atoms with E-state index in [4.69, 9.17) is 19.5 Å². The molecule has 3 rings (SSSR count). The third-order valence-electron chi connectivity index (χ3n) is 4.22. The summed E-state index contributed by atoms with van der Waals surface area (Å²) in [5.74, 6) is 0.747. The second-order valence-electron chi connectivity index (χ2n) is 6.44. The third kappa shape index (κ3) is 6.31. The number of carbonyl (C=O) groups excluding carboxylic acids is 1. The molecule has 0 bridgehead atoms. The molecule has 0 aliphatic carbocycles. The lowest BCUT2D eigenvalue weighted by molar-refractivity contribution is -0.116. The second kappa shape index (κ2) is 11.1. The summed E-state index contributed by atoms with van der Waals surface area (Å²) >= 11 is 0. The van der Waals surface area contributed by atoms with E-state index in [-0.39, 0.29) is 24.9 Å². The molecule has 32 heavy (non-hydrogen) atoms. The van der Waals surface area contributed by atoms with Crippen LogP contribution in [0, 0.1) is 17.1 Å². The van der Waals surface area contributed by atoms with Crippen LogP contribution in [-0.2, 0) is 11.3 Å². The Balaban J connectivity index is 1.62. The van der Waals surface area contributed by atoms with Crippen LogP contribution in [0.3, 0.4) is 0 Å². The van der Waals surface area contributed by atoms with E-state index >= 15 is 0 Å². The lowest BCUT2D eigenvalue weighted by Gasteiger charge is -2.10. The van der Waals surface area contributed by atoms with Gasteiger partial charge < -0.3 is 19.5 Å². The quantitative estimate of drug-likeness (QED) is 0.507. The van der Waals surface area contributed by atoms with Crippen molar-refractivity contribution in [3.63, 3.8) is 0 Å². The molecule has 0 saturated heterocycles. The maximum absolute atomic E-state index is 13.4. The highest BCUT2D eigenvalue weighted by Crippen LogP contribution is 2.28. The molecule has 0 fully saturated rings. The zero-order chi connectivity index (χ0) is 22.8. The molecule has 0 aliphatic heterocycles. The summed E-state index contributed by atoms with van der Waals surface area (Å²) in [6.45, 7) is 0.0825. The molecule has 0 aliphatic rings. The third-order valence-corrected chi connectivity index (χ3v) is 4.22. The van der Waals surface area contributed by atoms with Crippen molar-refractivity contribution in [1.82, 2.24) is 10.3 Å². The number of pyridine rings is 1. The lowest BCUT2D eigenvalue weighted by atomic mass is 10.2. The Morgan fingerprint density at radius 3 is 2.84 bits per heavy atom. The average Bonchev–Trinajstić information content (AvgIpc) is 2.81. The smallest absolute Gasteiger partial charge is 0.244 e. The number of carbonyl (C=O) groups is 1. The normalized spacial score (nSPS) is 10.4. The van der Waals surface area contributed by atoms with Crippen LogP contribution >= 0.6 is 0 Å². The van der Waals surface area contributed by atoms with Crippen molar-refractivity contribution in [2.24, 2.45) is 0 Å². The zero-order valence-electron chi connectivity index (χ0n) is 17.2. The van der Waals surface area contributed by atoms with Crippen LogP contribution < -0.4 is 19.5 Å². The number of halogens is 1. The van der Waals surface area contributed by atoms with E-state index in [0.717, 1.165) is 5.56 Å². The summed E-state index contributed by atoms with van der Waals surface area (Å²) in [7, 11) is 1.49. The minimum absolute atomic E-state index is 0.0901. The number of nitriles is 1. The number of benzene rings is 2. The van der Waals surface area contributed by atoms with Crippen LogP contribution in [0.2, 0.25) is 0 Å². The molecule has 7 nitrogen and oxygen atoms in total. The van der Waals surface area contributed by atoms with E-state index in [1.54, 1.807) is 48.7 Å². The molecule has 0 spiro atoms. The molecule has 1 N–H and O–H groups in total. The molecular formula is C24H20FN3O4. The molecule has 0 atom stereocenters. The van der Waals surface area contributed by atoms with Gasteiger partial charge in [-0.2, -0.15) is 5.26 Å². The van der Waals surface area contributed by atoms with Crippen molar-refractivity contribution in [3.8, 4) is 29.2 Å². The molecule has 0 saturated carbocycles. The van der Waals surface area contributed by atoms with Crippen molar-refractivity contribution in [2.75, 3.05) is 13.7 Å². The van der Waals surface area contributed by atoms with Gasteiger partial charge in [0.25, 0.3) is 0 Å². The molecule has 1 aromatic heterocycles. The van der Waals surface area contributed by atoms with Crippen LogP contribution in [0.4, 0.5) is 4.39 Å². The first kappa shape index (κ1) is 22.3. The summed E-state index contributed by atoms with van der Waals surface area (Å²) in [4.78, 5) is 16.4. The molecular weight excluding hydrogens is 413 g/mol. The van der Waals surface area contributed by atoms with Gasteiger partial charge in [-0.25, -0.2) is 9.37 Å². The van der Waals surface area contributed by atoms with Crippen LogP contribution in [0.15, 0.2) is 66.9 Å². The van der Waals surface area contributed by atoms with E-state index < -0.39 is 5.82 Å². The highest BCUT2D eigenvalue weighted by Gasteiger charge is 2.08. The molecule has 0 unspecified atom stereocenters. The number of hydrogen-bond donors (Lipinski definition) is 1. The fraction of sp³-hybridized carbons (Fsp3) is 0.125. The van der Waals surface area contributed by atoms with Crippen molar-refractivity contribution in [2.45, 2.75) is 6.54 Å². The molecule has 8 heteroatoms. The van der Waals surface area contributed by atoms with Gasteiger partial charge in [0.2, 0.25) is 11.8 Å². The Labute approximate surface area is 184 Å². The molecule has 0 radical (unpaired) electrons. The first-order chi connectivity index (χ1) is 15.6. The highest BCUT2D eigenvalue weighted by atomic mass is 19.1. The molecule has 162 valence electrons. The number of nitrogens with zero attached hydrogens (tertiary/aromatic N) is 2. The summed E-state index contributed by atoms with van der Waals surface area (Å²) in [6, 6.07) is 16.2. The Hall–Kier alpha value is -4.38. The van der Waals surface area contributed by atoms with Crippen molar-refractivity contribution >= 4 is 12.0 Å². The monoisotopic (exact) mass is 433 g/mol. The van der Waals surface area contributed by atoms with Gasteiger partial charge in [-0.15, -0.1) is 0 Å². The molecule has 2 aromatic carbocycles. The minimum Gasteiger partial charge on any atom is -0.493 e. The number of nitrogens with one attached hydrogen (secondary N) is 1. The summed E-state index contributed by atoms with van der Waals surface area (Å²) in [5, 5.41) is 11.4. The maximum Gasteiger partial charge on any atom is 0.244 e. The Morgan fingerprint density at radius 2 is 2.06 bits per heavy atom. The van der Waals surface area contributed by atoms with Crippen LogP contribution in [0.5, 0.6) is 23.1 Å². The topological polar surface area (TPSA) is 93.5 Å². The number of hydrogen-bond acceptors (Lipinski definition) is 6. The Bertz CT molecular complexity index is 1160. The summed E-state index contributed by atoms with van der Waals surface area (Å²) < 4.78 is 29.6. The number of aromatic nitrogens is 1. The highest BCUT2D eigenvalue weighted by molar-refractivity contribution is 5.91. The van der Waals surface area contributed by atoms with E-state index in [2.05, 4.69) is 10.3 Å². The van der Waals surface area contributed by atoms with E-state index in [1.165, 1.54) is 31.4 Å². The first-order valence-electron chi connectivity index (χ1n) is 9.60. The van der Waals surface area contributed by atoms with E-state index in [9.17, 15) is 9.18 Å². The first-order valence-corrected chi connectivity index (χ1v) is 9.60. The molecule has 3 aromatic rings. The number of methoxy groups -OCH3 is 1. The SMILES string of the molecule is COc1cc(/C=C/C(=O)NCc2cccnc2Oc2cccc(F)c2)ccc1OCC#N. The van der Waals surface area contributed by atoms with Crippen LogP contribution in [0.25, 0.3) is 6.08 Å². The number of amides is 1. The lowest BCUT2D eigenvalue weighted by Crippen LogP contribution is -2.20. The maximum atomic E-state index is 13.4. The summed E-state index contributed by atoms with van der Waals surface area (Å²) in [6.07, 6.45) is 4.56. The summed E-state index contributed by atoms with van der Waals surface area (Å²) in [5.41, 5.74) is 1.36. The van der Waals surface area contributed by atoms with E-state index in [1.807, 2.05) is 6.07 Å². The molecule has 1 heterocycles. The zero-order valence-corrected chi connectivity index (χ0v) is 17.2. The van der Waals surface area contributed by atoms with Gasteiger partial charge in [0.15, 0.2) is 18.1 Å². The Kier molecular flexibility index (Phi) is 7.76. The fourth-order valence-corrected chi connectivity index (χ4v) is 2.72. The van der Waals surface area contributed by atoms with Gasteiger partial charge in [-0.05, 0) is 42.0 Å². The predicted octanol–water partition coefficient (Wildman–Crippen LogP) is 4.25. The standard InChI is InChI=1S/C24H20FN3O4/c1-30-22-14-17(7-9-21(22)31-13-11-26)8-10-23(29)28-16-18-4-3-12-27-24(18)32-20-6-2-5-19(25)15-20/h2-10,12,14-15H,13,16H2,1H3,(H,28,29)/b10-8+. The van der Waals surface area contributed by atoms with E-state index in [0.29, 0.717) is 22.8 Å². The van der Waals surface area contributed by atoms with Crippen LogP contribution in [-0.4, -0.2) is 24.6 Å². The van der Waals surface area contributed by atoms with Gasteiger partial charge in [0.1, 0.15) is 17.6 Å². The number of ether oxygens (including phenoxy) is 3. The van der Waals surface area contributed by atoms with Crippen molar-refractivity contribution in [1.29, 1.82) is 5.26 Å². The average molecular weight is 433 g/mol.